The molecule has 0 aliphatic rings. The topological polar surface area (TPSA) is 106 Å². The molecule has 0 radical (unpaired) electrons. The van der Waals surface area contributed by atoms with Crippen LogP contribution < -0.4 is 10.6 Å². The van der Waals surface area contributed by atoms with Crippen LogP contribution in [0.3, 0.4) is 0 Å². The van der Waals surface area contributed by atoms with Crippen molar-refractivity contribution in [3.63, 3.8) is 0 Å². The van der Waals surface area contributed by atoms with Gasteiger partial charge in [-0.2, -0.15) is 0 Å². The number of benzene rings is 1. The van der Waals surface area contributed by atoms with Crippen LogP contribution in [0.4, 0.5) is 11.4 Å². The molecule has 0 saturated heterocycles. The van der Waals surface area contributed by atoms with Crippen LogP contribution in [0.1, 0.15) is 32.3 Å². The lowest BCUT2D eigenvalue weighted by molar-refractivity contribution is 0.282. The zero-order valence-electron chi connectivity index (χ0n) is 14.9. The van der Waals surface area contributed by atoms with Crippen molar-refractivity contribution in [3.8, 4) is 0 Å². The molecule has 0 spiro atoms. The number of hydrogen-bond acceptors (Lipinski definition) is 5. The van der Waals surface area contributed by atoms with Gasteiger partial charge in [-0.05, 0) is 31.0 Å². The molecule has 1 aromatic rings. The van der Waals surface area contributed by atoms with Gasteiger partial charge in [0.1, 0.15) is 0 Å². The van der Waals surface area contributed by atoms with E-state index in [0.717, 1.165) is 17.7 Å². The number of nitrogens with two attached hydrogens (primary N) is 1. The average molecular weight is 334 g/mol. The van der Waals surface area contributed by atoms with Crippen LogP contribution in [-0.2, 0) is 6.61 Å². The fraction of sp³-hybridized carbons (Fsp3) is 0.444. The molecular formula is C18H30N4O2. The zero-order valence-corrected chi connectivity index (χ0v) is 14.9. The molecule has 0 aliphatic carbocycles. The van der Waals surface area contributed by atoms with Gasteiger partial charge in [-0.25, -0.2) is 4.99 Å². The van der Waals surface area contributed by atoms with Gasteiger partial charge in [-0.1, -0.05) is 25.1 Å². The second kappa shape index (κ2) is 13.3. The minimum Gasteiger partial charge on any atom is -0.392 e. The summed E-state index contributed by atoms with van der Waals surface area (Å²) < 4.78 is 0. The number of aliphatic hydroxyl groups is 2. The fourth-order valence-corrected chi connectivity index (χ4v) is 1.90. The normalized spacial score (nSPS) is 10.7. The van der Waals surface area contributed by atoms with E-state index < -0.39 is 0 Å². The van der Waals surface area contributed by atoms with E-state index >= 15 is 0 Å². The van der Waals surface area contributed by atoms with Crippen molar-refractivity contribution in [2.45, 2.75) is 33.3 Å². The third kappa shape index (κ3) is 8.45. The van der Waals surface area contributed by atoms with Crippen molar-refractivity contribution >= 4 is 23.4 Å². The van der Waals surface area contributed by atoms with Crippen LogP contribution in [0.5, 0.6) is 0 Å². The number of anilines is 1. The van der Waals surface area contributed by atoms with Gasteiger partial charge >= 0.3 is 0 Å². The summed E-state index contributed by atoms with van der Waals surface area (Å²) in [5, 5.41) is 25.4. The molecule has 0 saturated carbocycles. The summed E-state index contributed by atoms with van der Waals surface area (Å²) in [6.07, 6.45) is 7.04. The Kier molecular flexibility index (Phi) is 12.1. The molecule has 0 atom stereocenters. The highest BCUT2D eigenvalue weighted by molar-refractivity contribution is 5.83. The minimum atomic E-state index is -0.224. The largest absolute Gasteiger partial charge is 0.392 e. The predicted molar refractivity (Wildman–Crippen MR) is 103 cm³/mol. The molecule has 134 valence electrons. The molecule has 6 nitrogen and oxygen atoms in total. The van der Waals surface area contributed by atoms with Gasteiger partial charge in [-0.3, -0.25) is 0 Å². The molecule has 6 heteroatoms. The van der Waals surface area contributed by atoms with Gasteiger partial charge in [0.2, 0.25) is 0 Å². The monoisotopic (exact) mass is 334 g/mol. The highest BCUT2D eigenvalue weighted by Gasteiger charge is 2.09. The first kappa shape index (κ1) is 21.8. The summed E-state index contributed by atoms with van der Waals surface area (Å²) in [5.74, 6) is 0. The van der Waals surface area contributed by atoms with Crippen molar-refractivity contribution in [1.29, 1.82) is 5.41 Å². The van der Waals surface area contributed by atoms with E-state index in [1.54, 1.807) is 12.1 Å². The van der Waals surface area contributed by atoms with E-state index in [9.17, 15) is 5.11 Å². The summed E-state index contributed by atoms with van der Waals surface area (Å²) in [6.45, 7) is 4.48. The molecule has 0 bridgehead atoms. The number of nitrogens with zero attached hydrogens (tertiary/aromatic N) is 2. The lowest BCUT2D eigenvalue weighted by Crippen LogP contribution is -2.22. The highest BCUT2D eigenvalue weighted by Crippen LogP contribution is 2.29. The first-order valence-electron chi connectivity index (χ1n) is 8.01. The molecule has 0 amide bonds. The number of aliphatic hydroxyl groups excluding tert-OH is 2. The van der Waals surface area contributed by atoms with E-state index in [2.05, 4.69) is 24.1 Å². The van der Waals surface area contributed by atoms with Crippen LogP contribution in [0.25, 0.3) is 0 Å². The van der Waals surface area contributed by atoms with Crippen molar-refractivity contribution in [2.75, 3.05) is 25.1 Å². The molecule has 1 rings (SSSR count). The van der Waals surface area contributed by atoms with Crippen LogP contribution in [0.15, 0.2) is 35.3 Å². The van der Waals surface area contributed by atoms with Crippen molar-refractivity contribution in [1.82, 2.24) is 0 Å². The highest BCUT2D eigenvalue weighted by atomic mass is 16.3. The number of rotatable bonds is 8. The number of aliphatic imine (C=N–C) groups is 1. The quantitative estimate of drug-likeness (QED) is 0.333. The Balaban J connectivity index is 0.000000922. The fourth-order valence-electron chi connectivity index (χ4n) is 1.90. The Morgan fingerprint density at radius 2 is 2.08 bits per heavy atom. The summed E-state index contributed by atoms with van der Waals surface area (Å²) in [6, 6.07) is 5.42. The Hall–Kier alpha value is -2.18. The molecule has 5 N–H and O–H groups in total. The maximum Gasteiger partial charge on any atom is 0.0880 e. The van der Waals surface area contributed by atoms with Crippen molar-refractivity contribution in [3.05, 3.63) is 35.9 Å². The standard InChI is InChI=1S/C13H20N4O2.C5H10/c1-17(5-4-11(15)8-19)13-6-10(7-18)2-3-12(13)16-9-14;1-3-5-4-2/h2-3,6,9,15,18-19H,4-5,7-8H2,1H3,(H2,14,16);3,5H,4H2,1-2H3/b;5-3+. The predicted octanol–water partition coefficient (Wildman–Crippen LogP) is 2.61. The first-order chi connectivity index (χ1) is 11.5. The Labute approximate surface area is 144 Å². The minimum absolute atomic E-state index is 0.0417. The van der Waals surface area contributed by atoms with Gasteiger partial charge in [0.15, 0.2) is 0 Å². The molecular weight excluding hydrogens is 304 g/mol. The summed E-state index contributed by atoms with van der Waals surface area (Å²) in [7, 11) is 1.87. The Morgan fingerprint density at radius 1 is 1.38 bits per heavy atom. The van der Waals surface area contributed by atoms with E-state index in [0.29, 0.717) is 18.7 Å². The Bertz CT molecular complexity index is 542. The maximum atomic E-state index is 9.17. The third-order valence-electron chi connectivity index (χ3n) is 3.26. The van der Waals surface area contributed by atoms with Crippen LogP contribution >= 0.6 is 0 Å². The second-order valence-corrected chi connectivity index (χ2v) is 5.17. The lowest BCUT2D eigenvalue weighted by atomic mass is 10.1. The molecule has 0 fully saturated rings. The maximum absolute atomic E-state index is 9.17. The van der Waals surface area contributed by atoms with Crippen molar-refractivity contribution < 1.29 is 10.2 Å². The van der Waals surface area contributed by atoms with Crippen LogP contribution in [0, 0.1) is 5.41 Å². The van der Waals surface area contributed by atoms with E-state index in [4.69, 9.17) is 16.2 Å². The average Bonchev–Trinajstić information content (AvgIpc) is 2.61. The van der Waals surface area contributed by atoms with Gasteiger partial charge in [0, 0.05) is 25.7 Å². The van der Waals surface area contributed by atoms with E-state index in [-0.39, 0.29) is 18.9 Å². The Morgan fingerprint density at radius 3 is 2.54 bits per heavy atom. The lowest BCUT2D eigenvalue weighted by Gasteiger charge is -2.21. The summed E-state index contributed by atoms with van der Waals surface area (Å²) in [5.41, 5.74) is 7.93. The van der Waals surface area contributed by atoms with Crippen LogP contribution in [0.2, 0.25) is 0 Å². The molecule has 0 aromatic heterocycles. The summed E-state index contributed by atoms with van der Waals surface area (Å²) >= 11 is 0. The van der Waals surface area contributed by atoms with Gasteiger partial charge in [0.05, 0.1) is 30.9 Å². The molecule has 0 unspecified atom stereocenters. The summed E-state index contributed by atoms with van der Waals surface area (Å²) in [4.78, 5) is 6.00. The third-order valence-corrected chi connectivity index (χ3v) is 3.26. The van der Waals surface area contributed by atoms with Crippen molar-refractivity contribution in [2.24, 2.45) is 10.7 Å². The zero-order chi connectivity index (χ0) is 18.4. The van der Waals surface area contributed by atoms with Crippen LogP contribution in [-0.4, -0.2) is 42.5 Å². The number of nitrogens with one attached hydrogen (secondary N) is 1. The van der Waals surface area contributed by atoms with Gasteiger partial charge in [0.25, 0.3) is 0 Å². The van der Waals surface area contributed by atoms with E-state index in [1.807, 2.05) is 24.9 Å². The second-order valence-electron chi connectivity index (χ2n) is 5.17. The first-order valence-corrected chi connectivity index (χ1v) is 8.01. The molecule has 0 aliphatic heterocycles. The molecule has 0 heterocycles. The molecule has 1 aromatic carbocycles. The number of allylic oxidation sites excluding steroid dienone is 2. The van der Waals surface area contributed by atoms with E-state index in [1.165, 1.54) is 6.34 Å². The number of hydrogen-bond donors (Lipinski definition) is 4. The van der Waals surface area contributed by atoms with Gasteiger partial charge in [-0.15, -0.1) is 0 Å². The SMILES string of the molecule is C/C=C/CC.CN(CCC(=N)CO)c1cc(CO)ccc1N=CN. The van der Waals surface area contributed by atoms with Gasteiger partial charge < -0.3 is 26.3 Å². The smallest absolute Gasteiger partial charge is 0.0880 e. The molecule has 24 heavy (non-hydrogen) atoms.